The number of amides is 1. The van der Waals surface area contributed by atoms with Crippen LogP contribution >= 0.6 is 0 Å². The molecule has 0 fully saturated rings. The monoisotopic (exact) mass is 294 g/mol. The zero-order valence-corrected chi connectivity index (χ0v) is 13.5. The molecule has 1 amide bonds. The van der Waals surface area contributed by atoms with E-state index in [2.05, 4.69) is 0 Å². The third-order valence-electron chi connectivity index (χ3n) is 3.19. The van der Waals surface area contributed by atoms with E-state index in [1.807, 2.05) is 50.0 Å². The molecule has 0 unspecified atom stereocenters. The SMILES string of the molecule is CCC(=O)N(c1ccc(OCCOC)cc1)N(CC)CC. The van der Waals surface area contributed by atoms with Crippen molar-refractivity contribution in [2.45, 2.75) is 27.2 Å². The van der Waals surface area contributed by atoms with E-state index in [-0.39, 0.29) is 5.91 Å². The van der Waals surface area contributed by atoms with Crippen molar-refractivity contribution in [2.24, 2.45) is 0 Å². The molecule has 0 atom stereocenters. The first-order valence-electron chi connectivity index (χ1n) is 7.47. The van der Waals surface area contributed by atoms with Crippen molar-refractivity contribution in [1.29, 1.82) is 0 Å². The first kappa shape index (κ1) is 17.5. The van der Waals surface area contributed by atoms with E-state index in [9.17, 15) is 4.79 Å². The van der Waals surface area contributed by atoms with E-state index in [0.717, 1.165) is 24.5 Å². The molecule has 21 heavy (non-hydrogen) atoms. The number of benzene rings is 1. The highest BCUT2D eigenvalue weighted by Crippen LogP contribution is 2.22. The van der Waals surface area contributed by atoms with E-state index >= 15 is 0 Å². The molecule has 5 heteroatoms. The van der Waals surface area contributed by atoms with Gasteiger partial charge in [-0.3, -0.25) is 4.79 Å². The molecule has 0 radical (unpaired) electrons. The summed E-state index contributed by atoms with van der Waals surface area (Å²) in [6.45, 7) is 8.61. The Hall–Kier alpha value is -1.59. The van der Waals surface area contributed by atoms with Gasteiger partial charge in [-0.25, -0.2) is 10.0 Å². The molecule has 1 aromatic rings. The Bertz CT molecular complexity index is 416. The highest BCUT2D eigenvalue weighted by Gasteiger charge is 2.19. The molecule has 0 aromatic heterocycles. The maximum atomic E-state index is 12.2. The van der Waals surface area contributed by atoms with Crippen molar-refractivity contribution < 1.29 is 14.3 Å². The molecular formula is C16H26N2O3. The number of ether oxygens (including phenoxy) is 2. The van der Waals surface area contributed by atoms with Gasteiger partial charge >= 0.3 is 0 Å². The topological polar surface area (TPSA) is 42.0 Å². The van der Waals surface area contributed by atoms with E-state index in [1.54, 1.807) is 12.1 Å². The lowest BCUT2D eigenvalue weighted by Gasteiger charge is -2.33. The second-order valence-corrected chi connectivity index (χ2v) is 4.53. The van der Waals surface area contributed by atoms with Crippen LogP contribution in [0.3, 0.4) is 0 Å². The fraction of sp³-hybridized carbons (Fsp3) is 0.562. The van der Waals surface area contributed by atoms with Crippen LogP contribution in [0.2, 0.25) is 0 Å². The predicted molar refractivity (Wildman–Crippen MR) is 84.5 cm³/mol. The molecule has 0 spiro atoms. The smallest absolute Gasteiger partial charge is 0.241 e. The minimum atomic E-state index is 0.0896. The lowest BCUT2D eigenvalue weighted by atomic mass is 10.2. The maximum Gasteiger partial charge on any atom is 0.241 e. The Morgan fingerprint density at radius 1 is 1.05 bits per heavy atom. The minimum Gasteiger partial charge on any atom is -0.491 e. The van der Waals surface area contributed by atoms with Gasteiger partial charge in [0, 0.05) is 26.6 Å². The van der Waals surface area contributed by atoms with Crippen molar-refractivity contribution >= 4 is 11.6 Å². The predicted octanol–water partition coefficient (Wildman–Crippen LogP) is 2.71. The van der Waals surface area contributed by atoms with E-state index < -0.39 is 0 Å². The zero-order chi connectivity index (χ0) is 15.7. The molecule has 0 aliphatic rings. The third kappa shape index (κ3) is 5.02. The van der Waals surface area contributed by atoms with Crippen molar-refractivity contribution in [3.8, 4) is 5.75 Å². The van der Waals surface area contributed by atoms with Gasteiger partial charge in [-0.2, -0.15) is 0 Å². The molecule has 5 nitrogen and oxygen atoms in total. The van der Waals surface area contributed by atoms with Gasteiger partial charge in [-0.1, -0.05) is 20.8 Å². The fourth-order valence-electron chi connectivity index (χ4n) is 2.05. The summed E-state index contributed by atoms with van der Waals surface area (Å²) in [4.78, 5) is 12.2. The highest BCUT2D eigenvalue weighted by atomic mass is 16.5. The van der Waals surface area contributed by atoms with Gasteiger partial charge in [0.25, 0.3) is 0 Å². The largest absolute Gasteiger partial charge is 0.491 e. The van der Waals surface area contributed by atoms with Crippen LogP contribution in [0.15, 0.2) is 24.3 Å². The van der Waals surface area contributed by atoms with E-state index in [0.29, 0.717) is 19.6 Å². The van der Waals surface area contributed by atoms with Gasteiger partial charge in [0.1, 0.15) is 12.4 Å². The first-order valence-corrected chi connectivity index (χ1v) is 7.47. The van der Waals surface area contributed by atoms with Gasteiger partial charge in [0.15, 0.2) is 0 Å². The number of hydrogen-bond donors (Lipinski definition) is 0. The molecule has 0 N–H and O–H groups in total. The van der Waals surface area contributed by atoms with Crippen molar-refractivity contribution in [3.63, 3.8) is 0 Å². The Morgan fingerprint density at radius 3 is 2.14 bits per heavy atom. The van der Waals surface area contributed by atoms with Crippen molar-refractivity contribution in [3.05, 3.63) is 24.3 Å². The number of methoxy groups -OCH3 is 1. The number of hydrogen-bond acceptors (Lipinski definition) is 4. The fourth-order valence-corrected chi connectivity index (χ4v) is 2.05. The van der Waals surface area contributed by atoms with Crippen LogP contribution in [0, 0.1) is 0 Å². The first-order chi connectivity index (χ1) is 10.2. The Morgan fingerprint density at radius 2 is 1.67 bits per heavy atom. The third-order valence-corrected chi connectivity index (χ3v) is 3.19. The normalized spacial score (nSPS) is 10.7. The highest BCUT2D eigenvalue weighted by molar-refractivity contribution is 5.92. The lowest BCUT2D eigenvalue weighted by Crippen LogP contribution is -2.46. The summed E-state index contributed by atoms with van der Waals surface area (Å²) in [5, 5.41) is 3.77. The van der Waals surface area contributed by atoms with Crippen LogP contribution in [0.4, 0.5) is 5.69 Å². The van der Waals surface area contributed by atoms with Crippen LogP contribution in [0.25, 0.3) is 0 Å². The summed E-state index contributed by atoms with van der Waals surface area (Å²) in [6.07, 6.45) is 0.475. The summed E-state index contributed by atoms with van der Waals surface area (Å²) in [5.41, 5.74) is 0.865. The molecule has 0 bridgehead atoms. The van der Waals surface area contributed by atoms with Crippen molar-refractivity contribution in [2.75, 3.05) is 38.4 Å². The maximum absolute atomic E-state index is 12.2. The Balaban J connectivity index is 2.85. The standard InChI is InChI=1S/C16H26N2O3/c1-5-16(19)18(17(6-2)7-3)14-8-10-15(11-9-14)21-13-12-20-4/h8-11H,5-7,12-13H2,1-4H3. The molecular weight excluding hydrogens is 268 g/mol. The number of rotatable bonds is 9. The average Bonchev–Trinajstić information content (AvgIpc) is 2.53. The second-order valence-electron chi connectivity index (χ2n) is 4.53. The van der Waals surface area contributed by atoms with Crippen LogP contribution in [-0.4, -0.2) is 44.3 Å². The lowest BCUT2D eigenvalue weighted by molar-refractivity contribution is -0.121. The summed E-state index contributed by atoms with van der Waals surface area (Å²) >= 11 is 0. The van der Waals surface area contributed by atoms with Gasteiger partial charge in [-0.15, -0.1) is 0 Å². The summed E-state index contributed by atoms with van der Waals surface area (Å²) in [6, 6.07) is 7.58. The summed E-state index contributed by atoms with van der Waals surface area (Å²) < 4.78 is 10.5. The molecule has 1 aromatic carbocycles. The van der Waals surface area contributed by atoms with Crippen LogP contribution in [0.1, 0.15) is 27.2 Å². The van der Waals surface area contributed by atoms with Gasteiger partial charge in [0.2, 0.25) is 5.91 Å². The summed E-state index contributed by atoms with van der Waals surface area (Å²) in [7, 11) is 1.64. The molecule has 0 aliphatic carbocycles. The van der Waals surface area contributed by atoms with Crippen LogP contribution < -0.4 is 9.75 Å². The average molecular weight is 294 g/mol. The van der Waals surface area contributed by atoms with Crippen molar-refractivity contribution in [1.82, 2.24) is 5.01 Å². The van der Waals surface area contributed by atoms with E-state index in [1.165, 1.54) is 0 Å². The van der Waals surface area contributed by atoms with Crippen LogP contribution in [-0.2, 0) is 9.53 Å². The quantitative estimate of drug-likeness (QED) is 0.519. The zero-order valence-electron chi connectivity index (χ0n) is 13.5. The van der Waals surface area contributed by atoms with Gasteiger partial charge in [-0.05, 0) is 24.3 Å². The number of hydrazine groups is 1. The molecule has 0 saturated heterocycles. The Labute approximate surface area is 127 Å². The molecule has 1 rings (SSSR count). The second kappa shape index (κ2) is 9.37. The number of carbonyl (C=O) groups excluding carboxylic acids is 1. The van der Waals surface area contributed by atoms with Gasteiger partial charge < -0.3 is 9.47 Å². The molecule has 0 saturated carbocycles. The molecule has 118 valence electrons. The van der Waals surface area contributed by atoms with E-state index in [4.69, 9.17) is 9.47 Å². The van der Waals surface area contributed by atoms with Crippen LogP contribution in [0.5, 0.6) is 5.75 Å². The number of nitrogens with zero attached hydrogens (tertiary/aromatic N) is 2. The number of carbonyl (C=O) groups is 1. The molecule has 0 aliphatic heterocycles. The van der Waals surface area contributed by atoms with Gasteiger partial charge in [0.05, 0.1) is 12.3 Å². The minimum absolute atomic E-state index is 0.0896. The summed E-state index contributed by atoms with van der Waals surface area (Å²) in [5.74, 6) is 0.867. The molecule has 0 heterocycles. The Kier molecular flexibility index (Phi) is 7.79. The number of anilines is 1.